The van der Waals surface area contributed by atoms with Crippen LogP contribution in [0.1, 0.15) is 13.3 Å². The molecule has 0 aromatic heterocycles. The van der Waals surface area contributed by atoms with Crippen molar-refractivity contribution in [3.05, 3.63) is 0 Å². The molecule has 1 unspecified atom stereocenters. The maximum absolute atomic E-state index is 5.25. The molecule has 0 fully saturated rings. The molecule has 1 atom stereocenters. The van der Waals surface area contributed by atoms with Gasteiger partial charge in [-0.25, -0.2) is 0 Å². The summed E-state index contributed by atoms with van der Waals surface area (Å²) >= 11 is 0. The molecule has 0 aromatic rings. The van der Waals surface area contributed by atoms with E-state index in [1.807, 2.05) is 0 Å². The third kappa shape index (κ3) is 6.25. The van der Waals surface area contributed by atoms with Crippen molar-refractivity contribution in [3.8, 4) is 0 Å². The fourth-order valence-electron chi connectivity index (χ4n) is 0.652. The molecule has 0 radical (unpaired) electrons. The highest BCUT2D eigenvalue weighted by molar-refractivity contribution is 4.57. The Labute approximate surface area is 68.0 Å². The Morgan fingerprint density at radius 3 is 2.64 bits per heavy atom. The van der Waals surface area contributed by atoms with E-state index in [1.54, 1.807) is 7.11 Å². The van der Waals surface area contributed by atoms with Crippen molar-refractivity contribution < 1.29 is 9.47 Å². The lowest BCUT2D eigenvalue weighted by atomic mass is 10.2. The van der Waals surface area contributed by atoms with Gasteiger partial charge in [-0.2, -0.15) is 0 Å². The number of hydrogen-bond acceptors (Lipinski definition) is 4. The molecule has 0 rings (SSSR count). The second kappa shape index (κ2) is 7.94. The number of nitrogens with two attached hydrogens (primary N) is 1. The first-order valence-corrected chi connectivity index (χ1v) is 3.88. The van der Waals surface area contributed by atoms with E-state index in [1.165, 1.54) is 0 Å². The first kappa shape index (κ1) is 10.8. The van der Waals surface area contributed by atoms with Gasteiger partial charge in [-0.1, -0.05) is 6.92 Å². The van der Waals surface area contributed by atoms with Crippen molar-refractivity contribution in [3.63, 3.8) is 0 Å². The molecule has 0 saturated heterocycles. The summed E-state index contributed by atoms with van der Waals surface area (Å²) in [5.74, 6) is 5.24. The molecule has 3 N–H and O–H groups in total. The van der Waals surface area contributed by atoms with Crippen LogP contribution in [0.3, 0.4) is 0 Å². The van der Waals surface area contributed by atoms with Gasteiger partial charge < -0.3 is 9.47 Å². The lowest BCUT2D eigenvalue weighted by Crippen LogP contribution is -2.38. The van der Waals surface area contributed by atoms with E-state index in [0.717, 1.165) is 6.42 Å². The van der Waals surface area contributed by atoms with E-state index in [4.69, 9.17) is 15.3 Å². The summed E-state index contributed by atoms with van der Waals surface area (Å²) in [6.07, 6.45) is 0.976. The van der Waals surface area contributed by atoms with Gasteiger partial charge in [0.05, 0.1) is 19.8 Å². The third-order valence-corrected chi connectivity index (χ3v) is 1.48. The lowest BCUT2D eigenvalue weighted by Gasteiger charge is -2.12. The molecule has 0 aliphatic carbocycles. The van der Waals surface area contributed by atoms with E-state index in [0.29, 0.717) is 19.8 Å². The van der Waals surface area contributed by atoms with Crippen LogP contribution in [0, 0.1) is 0 Å². The zero-order valence-corrected chi connectivity index (χ0v) is 7.30. The highest BCUT2D eigenvalue weighted by Gasteiger charge is 2.01. The fraction of sp³-hybridized carbons (Fsp3) is 1.00. The molecule has 0 heterocycles. The van der Waals surface area contributed by atoms with Crippen LogP contribution < -0.4 is 11.3 Å². The van der Waals surface area contributed by atoms with Gasteiger partial charge in [-0.05, 0) is 6.42 Å². The van der Waals surface area contributed by atoms with Crippen molar-refractivity contribution in [2.24, 2.45) is 5.84 Å². The van der Waals surface area contributed by atoms with Crippen molar-refractivity contribution in [2.45, 2.75) is 19.4 Å². The summed E-state index contributed by atoms with van der Waals surface area (Å²) in [6, 6.07) is 0.256. The van der Waals surface area contributed by atoms with Crippen molar-refractivity contribution >= 4 is 0 Å². The number of nitrogens with one attached hydrogen (secondary N) is 1. The van der Waals surface area contributed by atoms with Gasteiger partial charge in [0.15, 0.2) is 0 Å². The smallest absolute Gasteiger partial charge is 0.0701 e. The predicted molar refractivity (Wildman–Crippen MR) is 44.1 cm³/mol. The minimum absolute atomic E-state index is 0.256. The summed E-state index contributed by atoms with van der Waals surface area (Å²) in [6.45, 7) is 3.98. The van der Waals surface area contributed by atoms with Gasteiger partial charge in [0.1, 0.15) is 0 Å². The second-order valence-corrected chi connectivity index (χ2v) is 2.34. The molecule has 0 bridgehead atoms. The Morgan fingerprint density at radius 1 is 1.45 bits per heavy atom. The first-order valence-electron chi connectivity index (χ1n) is 3.88. The SMILES string of the molecule is CCC(COCCOC)NN. The molecular formula is C7H18N2O2. The summed E-state index contributed by atoms with van der Waals surface area (Å²) < 4.78 is 10.1. The van der Waals surface area contributed by atoms with Crippen LogP contribution >= 0.6 is 0 Å². The average Bonchev–Trinajstić information content (AvgIpc) is 2.05. The molecule has 0 amide bonds. The van der Waals surface area contributed by atoms with Gasteiger partial charge in [0, 0.05) is 13.2 Å². The van der Waals surface area contributed by atoms with Crippen LogP contribution in [0.25, 0.3) is 0 Å². The third-order valence-electron chi connectivity index (χ3n) is 1.48. The van der Waals surface area contributed by atoms with Crippen molar-refractivity contribution in [2.75, 3.05) is 26.9 Å². The Morgan fingerprint density at radius 2 is 2.18 bits per heavy atom. The number of hydrazine groups is 1. The van der Waals surface area contributed by atoms with Crippen LogP contribution in [0.4, 0.5) is 0 Å². The number of rotatable bonds is 7. The van der Waals surface area contributed by atoms with E-state index in [2.05, 4.69) is 12.3 Å². The van der Waals surface area contributed by atoms with Gasteiger partial charge in [-0.15, -0.1) is 0 Å². The molecule has 0 aliphatic rings. The number of ether oxygens (including phenoxy) is 2. The highest BCUT2D eigenvalue weighted by Crippen LogP contribution is 1.89. The minimum atomic E-state index is 0.256. The summed E-state index contributed by atoms with van der Waals surface area (Å²) in [5, 5.41) is 0. The second-order valence-electron chi connectivity index (χ2n) is 2.34. The maximum Gasteiger partial charge on any atom is 0.0701 e. The van der Waals surface area contributed by atoms with Gasteiger partial charge in [0.25, 0.3) is 0 Å². The molecular weight excluding hydrogens is 144 g/mol. The van der Waals surface area contributed by atoms with E-state index >= 15 is 0 Å². The Hall–Kier alpha value is -0.160. The van der Waals surface area contributed by atoms with Gasteiger partial charge in [0.2, 0.25) is 0 Å². The Balaban J connectivity index is 3.07. The summed E-state index contributed by atoms with van der Waals surface area (Å²) in [5.41, 5.74) is 2.66. The van der Waals surface area contributed by atoms with Crippen molar-refractivity contribution in [1.82, 2.24) is 5.43 Å². The van der Waals surface area contributed by atoms with E-state index < -0.39 is 0 Å². The maximum atomic E-state index is 5.25. The number of methoxy groups -OCH3 is 1. The van der Waals surface area contributed by atoms with Gasteiger partial charge in [-0.3, -0.25) is 11.3 Å². The Bertz CT molecular complexity index is 76.8. The van der Waals surface area contributed by atoms with Crippen LogP contribution in [-0.4, -0.2) is 33.0 Å². The Kier molecular flexibility index (Phi) is 7.83. The molecule has 0 aromatic carbocycles. The molecule has 0 aliphatic heterocycles. The molecule has 0 spiro atoms. The van der Waals surface area contributed by atoms with E-state index in [9.17, 15) is 0 Å². The molecule has 0 saturated carbocycles. The first-order chi connectivity index (χ1) is 5.35. The predicted octanol–water partition coefficient (Wildman–Crippen LogP) is -0.109. The van der Waals surface area contributed by atoms with E-state index in [-0.39, 0.29) is 6.04 Å². The molecule has 11 heavy (non-hydrogen) atoms. The monoisotopic (exact) mass is 162 g/mol. The molecule has 4 heteroatoms. The summed E-state index contributed by atoms with van der Waals surface area (Å²) in [4.78, 5) is 0. The quantitative estimate of drug-likeness (QED) is 0.311. The van der Waals surface area contributed by atoms with Gasteiger partial charge >= 0.3 is 0 Å². The lowest BCUT2D eigenvalue weighted by molar-refractivity contribution is 0.0582. The largest absolute Gasteiger partial charge is 0.382 e. The molecule has 68 valence electrons. The van der Waals surface area contributed by atoms with Crippen LogP contribution in [0.5, 0.6) is 0 Å². The van der Waals surface area contributed by atoms with Crippen LogP contribution in [0.2, 0.25) is 0 Å². The topological polar surface area (TPSA) is 56.5 Å². The fourth-order valence-corrected chi connectivity index (χ4v) is 0.652. The zero-order chi connectivity index (χ0) is 8.53. The number of hydrogen-bond donors (Lipinski definition) is 2. The average molecular weight is 162 g/mol. The molecule has 4 nitrogen and oxygen atoms in total. The van der Waals surface area contributed by atoms with Crippen LogP contribution in [0.15, 0.2) is 0 Å². The van der Waals surface area contributed by atoms with Crippen LogP contribution in [-0.2, 0) is 9.47 Å². The normalized spacial score (nSPS) is 13.4. The standard InChI is InChI=1S/C7H18N2O2/c1-3-7(9-8)6-11-5-4-10-2/h7,9H,3-6,8H2,1-2H3. The zero-order valence-electron chi connectivity index (χ0n) is 7.30. The highest BCUT2D eigenvalue weighted by atomic mass is 16.5. The summed E-state index contributed by atoms with van der Waals surface area (Å²) in [7, 11) is 1.65. The minimum Gasteiger partial charge on any atom is -0.382 e. The van der Waals surface area contributed by atoms with Crippen molar-refractivity contribution in [1.29, 1.82) is 0 Å².